The molecule has 0 saturated carbocycles. The Morgan fingerprint density at radius 3 is 2.86 bits per heavy atom. The van der Waals surface area contributed by atoms with Gasteiger partial charge < -0.3 is 20.1 Å². The average molecular weight is 387 g/mol. The van der Waals surface area contributed by atoms with Gasteiger partial charge in [-0.2, -0.15) is 0 Å². The predicted molar refractivity (Wildman–Crippen MR) is 106 cm³/mol. The van der Waals surface area contributed by atoms with Gasteiger partial charge in [0.1, 0.15) is 5.75 Å². The number of piperidine rings is 1. The zero-order valence-electron chi connectivity index (χ0n) is 16.8. The molecule has 7 heteroatoms. The van der Waals surface area contributed by atoms with Crippen molar-refractivity contribution in [2.45, 2.75) is 45.2 Å². The van der Waals surface area contributed by atoms with E-state index in [0.717, 1.165) is 24.9 Å². The Bertz CT molecular complexity index is 762. The zero-order valence-corrected chi connectivity index (χ0v) is 16.8. The summed E-state index contributed by atoms with van der Waals surface area (Å²) in [6.07, 6.45) is 3.45. The molecular formula is C21H29N3O4. The Labute approximate surface area is 166 Å². The Balaban J connectivity index is 2.00. The summed E-state index contributed by atoms with van der Waals surface area (Å²) in [6, 6.07) is 6.88. The largest absolute Gasteiger partial charge is 0.497 e. The lowest BCUT2D eigenvalue weighted by molar-refractivity contribution is -0.139. The van der Waals surface area contributed by atoms with Gasteiger partial charge in [-0.25, -0.2) is 9.59 Å². The first-order chi connectivity index (χ1) is 13.5. The molecule has 28 heavy (non-hydrogen) atoms. The lowest BCUT2D eigenvalue weighted by Gasteiger charge is -2.36. The molecule has 152 valence electrons. The molecule has 0 aromatic heterocycles. The highest BCUT2D eigenvalue weighted by molar-refractivity contribution is 5.95. The van der Waals surface area contributed by atoms with Crippen molar-refractivity contribution in [3.8, 4) is 5.75 Å². The molecule has 0 spiro atoms. The highest BCUT2D eigenvalue weighted by Crippen LogP contribution is 2.31. The fourth-order valence-electron chi connectivity index (χ4n) is 3.86. The third-order valence-corrected chi connectivity index (χ3v) is 5.38. The lowest BCUT2D eigenvalue weighted by Crippen LogP contribution is -2.50. The number of likely N-dealkylation sites (tertiary alicyclic amines) is 1. The lowest BCUT2D eigenvalue weighted by atomic mass is 9.94. The van der Waals surface area contributed by atoms with Crippen molar-refractivity contribution in [2.24, 2.45) is 0 Å². The molecule has 0 radical (unpaired) electrons. The fraction of sp³-hybridized carbons (Fsp3) is 0.524. The van der Waals surface area contributed by atoms with Gasteiger partial charge in [0.15, 0.2) is 0 Å². The SMILES string of the molecule is CCOC(=O)C1=C(CN2CCCC[C@@H]2C)NC(=O)N[C@H]1c1cccc(OC)c1. The Morgan fingerprint density at radius 1 is 1.32 bits per heavy atom. The number of hydrogen-bond acceptors (Lipinski definition) is 5. The molecule has 2 heterocycles. The number of carbonyl (C=O) groups excluding carboxylic acids is 2. The van der Waals surface area contributed by atoms with Crippen LogP contribution in [0.2, 0.25) is 0 Å². The summed E-state index contributed by atoms with van der Waals surface area (Å²) >= 11 is 0. The average Bonchev–Trinajstić information content (AvgIpc) is 2.69. The van der Waals surface area contributed by atoms with Crippen molar-refractivity contribution >= 4 is 12.0 Å². The highest BCUT2D eigenvalue weighted by atomic mass is 16.5. The monoisotopic (exact) mass is 387 g/mol. The van der Waals surface area contributed by atoms with Crippen LogP contribution in [0.1, 0.15) is 44.7 Å². The first kappa shape index (κ1) is 20.2. The second-order valence-corrected chi connectivity index (χ2v) is 7.24. The van der Waals surface area contributed by atoms with Crippen LogP contribution in [-0.4, -0.2) is 49.7 Å². The number of carbonyl (C=O) groups is 2. The molecule has 2 N–H and O–H groups in total. The van der Waals surface area contributed by atoms with Crippen LogP contribution >= 0.6 is 0 Å². The van der Waals surface area contributed by atoms with E-state index in [4.69, 9.17) is 9.47 Å². The zero-order chi connectivity index (χ0) is 20.1. The molecule has 0 bridgehead atoms. The molecule has 0 unspecified atom stereocenters. The van der Waals surface area contributed by atoms with E-state index in [1.54, 1.807) is 14.0 Å². The van der Waals surface area contributed by atoms with Gasteiger partial charge in [0.25, 0.3) is 0 Å². The number of amides is 2. The van der Waals surface area contributed by atoms with Crippen molar-refractivity contribution in [3.05, 3.63) is 41.1 Å². The normalized spacial score (nSPS) is 23.0. The summed E-state index contributed by atoms with van der Waals surface area (Å²) in [4.78, 5) is 27.6. The summed E-state index contributed by atoms with van der Waals surface area (Å²) in [5.74, 6) is 0.252. The maximum atomic E-state index is 12.9. The van der Waals surface area contributed by atoms with Gasteiger partial charge in [0, 0.05) is 18.3 Å². The standard InChI is InChI=1S/C21H29N3O4/c1-4-28-20(25)18-17(13-24-11-6-5-8-14(24)2)22-21(26)23-19(18)15-9-7-10-16(12-15)27-3/h7,9-10,12,14,19H,4-6,8,11,13H2,1-3H3,(H2,22,23,26)/t14-,19-/m0/s1. The van der Waals surface area contributed by atoms with Crippen molar-refractivity contribution in [1.82, 2.24) is 15.5 Å². The molecule has 7 nitrogen and oxygen atoms in total. The Morgan fingerprint density at radius 2 is 2.14 bits per heavy atom. The van der Waals surface area contributed by atoms with Gasteiger partial charge in [-0.3, -0.25) is 4.90 Å². The number of rotatable bonds is 6. The van der Waals surface area contributed by atoms with Gasteiger partial charge in [0.2, 0.25) is 0 Å². The first-order valence-electron chi connectivity index (χ1n) is 9.89. The van der Waals surface area contributed by atoms with E-state index < -0.39 is 12.0 Å². The van der Waals surface area contributed by atoms with Crippen LogP contribution in [0, 0.1) is 0 Å². The van der Waals surface area contributed by atoms with Crippen LogP contribution in [0.3, 0.4) is 0 Å². The minimum atomic E-state index is -0.585. The molecule has 2 atom stereocenters. The number of benzene rings is 1. The number of nitrogens with zero attached hydrogens (tertiary/aromatic N) is 1. The van der Waals surface area contributed by atoms with E-state index >= 15 is 0 Å². The van der Waals surface area contributed by atoms with E-state index in [2.05, 4.69) is 22.5 Å². The van der Waals surface area contributed by atoms with Crippen molar-refractivity contribution in [3.63, 3.8) is 0 Å². The van der Waals surface area contributed by atoms with E-state index in [-0.39, 0.29) is 12.6 Å². The number of esters is 1. The Hall–Kier alpha value is -2.54. The molecule has 2 amide bonds. The molecule has 1 aromatic rings. The van der Waals surface area contributed by atoms with Gasteiger partial charge in [0.05, 0.1) is 25.3 Å². The maximum absolute atomic E-state index is 12.9. The molecule has 2 aliphatic heterocycles. The summed E-state index contributed by atoms with van der Waals surface area (Å²) < 4.78 is 10.6. The van der Waals surface area contributed by atoms with Crippen LogP contribution in [-0.2, 0) is 9.53 Å². The molecule has 2 aliphatic rings. The molecule has 1 fully saturated rings. The third kappa shape index (κ3) is 4.47. The topological polar surface area (TPSA) is 79.9 Å². The predicted octanol–water partition coefficient (Wildman–Crippen LogP) is 2.74. The quantitative estimate of drug-likeness (QED) is 0.734. The van der Waals surface area contributed by atoms with E-state index in [1.807, 2.05) is 24.3 Å². The number of urea groups is 1. The number of methoxy groups -OCH3 is 1. The number of nitrogens with one attached hydrogen (secondary N) is 2. The summed E-state index contributed by atoms with van der Waals surface area (Å²) in [7, 11) is 1.59. The second kappa shape index (κ2) is 9.10. The number of ether oxygens (including phenoxy) is 2. The van der Waals surface area contributed by atoms with E-state index in [1.165, 1.54) is 6.42 Å². The van der Waals surface area contributed by atoms with Crippen molar-refractivity contribution < 1.29 is 19.1 Å². The minimum absolute atomic E-state index is 0.272. The minimum Gasteiger partial charge on any atom is -0.497 e. The van der Waals surface area contributed by atoms with Gasteiger partial charge in [-0.05, 0) is 50.9 Å². The second-order valence-electron chi connectivity index (χ2n) is 7.24. The fourth-order valence-corrected chi connectivity index (χ4v) is 3.86. The Kier molecular flexibility index (Phi) is 6.57. The summed E-state index contributed by atoms with van der Waals surface area (Å²) in [6.45, 7) is 5.71. The van der Waals surface area contributed by atoms with Crippen LogP contribution in [0.4, 0.5) is 4.79 Å². The molecule has 0 aliphatic carbocycles. The van der Waals surface area contributed by atoms with Crippen LogP contribution in [0.15, 0.2) is 35.5 Å². The van der Waals surface area contributed by atoms with Crippen LogP contribution in [0.25, 0.3) is 0 Å². The smallest absolute Gasteiger partial charge is 0.338 e. The van der Waals surface area contributed by atoms with E-state index in [0.29, 0.717) is 29.6 Å². The van der Waals surface area contributed by atoms with Crippen LogP contribution < -0.4 is 15.4 Å². The van der Waals surface area contributed by atoms with Crippen LogP contribution in [0.5, 0.6) is 5.75 Å². The highest BCUT2D eigenvalue weighted by Gasteiger charge is 2.35. The van der Waals surface area contributed by atoms with Gasteiger partial charge >= 0.3 is 12.0 Å². The molecule has 1 saturated heterocycles. The molecule has 3 rings (SSSR count). The van der Waals surface area contributed by atoms with Gasteiger partial charge in [-0.1, -0.05) is 18.6 Å². The first-order valence-corrected chi connectivity index (χ1v) is 9.89. The number of hydrogen-bond donors (Lipinski definition) is 2. The maximum Gasteiger partial charge on any atom is 0.338 e. The molecule has 1 aromatic carbocycles. The van der Waals surface area contributed by atoms with Gasteiger partial charge in [-0.15, -0.1) is 0 Å². The van der Waals surface area contributed by atoms with Crippen molar-refractivity contribution in [2.75, 3.05) is 26.8 Å². The van der Waals surface area contributed by atoms with Crippen molar-refractivity contribution in [1.29, 1.82) is 0 Å². The van der Waals surface area contributed by atoms with E-state index in [9.17, 15) is 9.59 Å². The molecular weight excluding hydrogens is 358 g/mol. The summed E-state index contributed by atoms with van der Waals surface area (Å²) in [5.41, 5.74) is 1.85. The summed E-state index contributed by atoms with van der Waals surface area (Å²) in [5, 5.41) is 5.73. The third-order valence-electron chi connectivity index (χ3n) is 5.38.